The van der Waals surface area contributed by atoms with E-state index in [1.54, 1.807) is 37.1 Å². The summed E-state index contributed by atoms with van der Waals surface area (Å²) in [5.41, 5.74) is 2.71. The fourth-order valence-corrected chi connectivity index (χ4v) is 4.82. The van der Waals surface area contributed by atoms with Gasteiger partial charge in [-0.05, 0) is 69.5 Å². The fourth-order valence-electron chi connectivity index (χ4n) is 3.24. The van der Waals surface area contributed by atoms with E-state index < -0.39 is 27.2 Å². The van der Waals surface area contributed by atoms with Crippen molar-refractivity contribution in [1.29, 1.82) is 0 Å². The van der Waals surface area contributed by atoms with Gasteiger partial charge in [0.2, 0.25) is 0 Å². The molecule has 1 aliphatic heterocycles. The first-order chi connectivity index (χ1) is 15.8. The Balaban J connectivity index is 2.59. The second kappa shape index (κ2) is 10.7. The molecule has 0 spiro atoms. The Morgan fingerprint density at radius 3 is 2.29 bits per heavy atom. The molecule has 0 radical (unpaired) electrons. The number of allylic oxidation sites excluding steroid dienone is 9. The van der Waals surface area contributed by atoms with Crippen LogP contribution >= 0.6 is 0 Å². The van der Waals surface area contributed by atoms with Crippen LogP contribution < -0.4 is 4.72 Å². The Morgan fingerprint density at radius 1 is 1.12 bits per heavy atom. The van der Waals surface area contributed by atoms with Crippen molar-refractivity contribution in [3.8, 4) is 0 Å². The second-order valence-electron chi connectivity index (χ2n) is 7.96. The largest absolute Gasteiger partial charge is 0.324 e. The molecule has 1 aliphatic rings. The Hall–Kier alpha value is -3.45. The predicted octanol–water partition coefficient (Wildman–Crippen LogP) is 7.55. The molecule has 0 saturated heterocycles. The van der Waals surface area contributed by atoms with Gasteiger partial charge in [-0.1, -0.05) is 37.0 Å². The lowest BCUT2D eigenvalue weighted by molar-refractivity contribution is 0.577. The summed E-state index contributed by atoms with van der Waals surface area (Å²) in [7, 11) is -3.39. The van der Waals surface area contributed by atoms with Gasteiger partial charge in [0.25, 0.3) is 0 Å². The highest BCUT2D eigenvalue weighted by Gasteiger charge is 2.22. The van der Waals surface area contributed by atoms with Gasteiger partial charge in [0, 0.05) is 23.7 Å². The number of hydrogen-bond donors (Lipinski definition) is 1. The number of benzene rings is 1. The van der Waals surface area contributed by atoms with Gasteiger partial charge in [-0.25, -0.2) is 17.4 Å². The molecule has 180 valence electrons. The molecule has 3 nitrogen and oxygen atoms in total. The summed E-state index contributed by atoms with van der Waals surface area (Å²) in [5.74, 6) is 1.16. The van der Waals surface area contributed by atoms with Crippen molar-refractivity contribution in [3.05, 3.63) is 119 Å². The van der Waals surface area contributed by atoms with Gasteiger partial charge in [0.15, 0.2) is 5.82 Å². The summed E-state index contributed by atoms with van der Waals surface area (Å²) in [6.45, 7) is 18.0. The summed E-state index contributed by atoms with van der Waals surface area (Å²) in [6, 6.07) is 2.19. The average Bonchev–Trinajstić information content (AvgIpc) is 2.78. The van der Waals surface area contributed by atoms with E-state index in [1.165, 1.54) is 6.20 Å². The summed E-state index contributed by atoms with van der Waals surface area (Å²) in [6.07, 6.45) is 8.35. The number of nitrogens with zero attached hydrogens (tertiary/aromatic N) is 1. The summed E-state index contributed by atoms with van der Waals surface area (Å²) >= 11 is 0. The molecule has 0 aromatic heterocycles. The van der Waals surface area contributed by atoms with E-state index >= 15 is 4.39 Å². The third-order valence-corrected chi connectivity index (χ3v) is 6.95. The van der Waals surface area contributed by atoms with Crippen LogP contribution in [-0.2, 0) is 9.71 Å². The topological polar surface area (TPSA) is 32.3 Å². The molecule has 0 amide bonds. The standard InChI is InChI=1S/C27H29F3N2OS/c1-9-21(28)15-25(18(5)6)34(8,33)31-23-13-12-22(29)26(27(23)30)20-11-14-24(19(7)17(3)4)32(10-2)16-20/h9-16H,1-3,8H2,4-7H3,(H,31,33)/b21-15+,24-19+. The highest BCUT2D eigenvalue weighted by atomic mass is 32.2. The molecule has 2 rings (SSSR count). The highest BCUT2D eigenvalue weighted by Crippen LogP contribution is 2.34. The van der Waals surface area contributed by atoms with Gasteiger partial charge in [0.05, 0.1) is 25.9 Å². The van der Waals surface area contributed by atoms with Gasteiger partial charge >= 0.3 is 0 Å². The zero-order valence-electron chi connectivity index (χ0n) is 19.8. The van der Waals surface area contributed by atoms with E-state index in [9.17, 15) is 13.0 Å². The van der Waals surface area contributed by atoms with Gasteiger partial charge in [0.1, 0.15) is 11.6 Å². The molecule has 1 atom stereocenters. The van der Waals surface area contributed by atoms with E-state index in [-0.39, 0.29) is 21.7 Å². The summed E-state index contributed by atoms with van der Waals surface area (Å²) < 4.78 is 60.0. The van der Waals surface area contributed by atoms with Crippen LogP contribution in [0.25, 0.3) is 5.57 Å². The lowest BCUT2D eigenvalue weighted by Crippen LogP contribution is -2.17. The van der Waals surface area contributed by atoms with Gasteiger partial charge < -0.3 is 9.62 Å². The lowest BCUT2D eigenvalue weighted by Gasteiger charge is -2.25. The molecule has 1 unspecified atom stereocenters. The monoisotopic (exact) mass is 486 g/mol. The maximum atomic E-state index is 15.5. The Labute approximate surface area is 200 Å². The number of hydrogen-bond acceptors (Lipinski definition) is 2. The SMILES string of the molecule is C=C/C(F)=C\C(=C(C)C)S(=C)(=O)Nc1ccc(F)c(C2=CN(C=C)/C(=C(\C)C(=C)C)C=C2)c1F. The second-order valence-corrected chi connectivity index (χ2v) is 9.95. The number of nitrogens with one attached hydrogen (secondary N) is 1. The van der Waals surface area contributed by atoms with Crippen molar-refractivity contribution in [3.63, 3.8) is 0 Å². The minimum absolute atomic E-state index is 0.0508. The van der Waals surface area contributed by atoms with Crippen molar-refractivity contribution < 1.29 is 17.4 Å². The third-order valence-electron chi connectivity index (χ3n) is 5.16. The number of anilines is 1. The molecule has 1 aromatic carbocycles. The molecule has 1 N–H and O–H groups in total. The molecular formula is C27H29F3N2OS. The Bertz CT molecular complexity index is 1310. The maximum Gasteiger partial charge on any atom is 0.157 e. The van der Waals surface area contributed by atoms with E-state index in [1.807, 2.05) is 13.8 Å². The van der Waals surface area contributed by atoms with Crippen LogP contribution in [0.4, 0.5) is 18.9 Å². The normalized spacial score (nSPS) is 16.9. The lowest BCUT2D eigenvalue weighted by atomic mass is 9.99. The van der Waals surface area contributed by atoms with Crippen LogP contribution in [0.3, 0.4) is 0 Å². The zero-order valence-corrected chi connectivity index (χ0v) is 20.7. The molecular weight excluding hydrogens is 457 g/mol. The minimum atomic E-state index is -3.39. The first-order valence-corrected chi connectivity index (χ1v) is 12.0. The third kappa shape index (κ3) is 5.72. The van der Waals surface area contributed by atoms with E-state index in [2.05, 4.69) is 30.3 Å². The van der Waals surface area contributed by atoms with Crippen LogP contribution in [0, 0.1) is 11.6 Å². The molecule has 1 heterocycles. The molecule has 34 heavy (non-hydrogen) atoms. The highest BCUT2D eigenvalue weighted by molar-refractivity contribution is 8.05. The van der Waals surface area contributed by atoms with Crippen molar-refractivity contribution in [2.24, 2.45) is 0 Å². The van der Waals surface area contributed by atoms with Gasteiger partial charge in [-0.3, -0.25) is 0 Å². The maximum absolute atomic E-state index is 15.5. The smallest absolute Gasteiger partial charge is 0.157 e. The zero-order chi connectivity index (χ0) is 25.8. The fraction of sp³-hybridized carbons (Fsp3) is 0.148. The number of halogens is 3. The van der Waals surface area contributed by atoms with Crippen molar-refractivity contribution in [2.75, 3.05) is 4.72 Å². The minimum Gasteiger partial charge on any atom is -0.324 e. The van der Waals surface area contributed by atoms with Crippen molar-refractivity contribution in [1.82, 2.24) is 4.90 Å². The molecule has 0 aliphatic carbocycles. The molecule has 0 fully saturated rings. The molecule has 0 bridgehead atoms. The van der Waals surface area contributed by atoms with Gasteiger partial charge in [-0.2, -0.15) is 0 Å². The number of rotatable bonds is 8. The first-order valence-electron chi connectivity index (χ1n) is 10.3. The first kappa shape index (κ1) is 26.8. The summed E-state index contributed by atoms with van der Waals surface area (Å²) in [4.78, 5) is 1.70. The molecule has 0 saturated carbocycles. The van der Waals surface area contributed by atoms with E-state index in [0.29, 0.717) is 5.57 Å². The quantitative estimate of drug-likeness (QED) is 0.304. The van der Waals surface area contributed by atoms with Crippen LogP contribution in [0.2, 0.25) is 0 Å². The predicted molar refractivity (Wildman–Crippen MR) is 140 cm³/mol. The van der Waals surface area contributed by atoms with Crippen LogP contribution in [0.1, 0.15) is 33.3 Å². The molecule has 7 heteroatoms. The van der Waals surface area contributed by atoms with Crippen molar-refractivity contribution in [2.45, 2.75) is 27.7 Å². The van der Waals surface area contributed by atoms with E-state index in [4.69, 9.17) is 0 Å². The van der Waals surface area contributed by atoms with E-state index in [0.717, 1.165) is 41.1 Å². The Morgan fingerprint density at radius 2 is 1.76 bits per heavy atom. The van der Waals surface area contributed by atoms with Crippen LogP contribution in [0.5, 0.6) is 0 Å². The van der Waals surface area contributed by atoms with Crippen LogP contribution in [-0.4, -0.2) is 15.0 Å². The van der Waals surface area contributed by atoms with Gasteiger partial charge in [-0.15, -0.1) is 0 Å². The average molecular weight is 487 g/mol. The van der Waals surface area contributed by atoms with Crippen molar-refractivity contribution >= 4 is 26.8 Å². The van der Waals surface area contributed by atoms with Crippen LogP contribution in [0.15, 0.2) is 102 Å². The molecule has 1 aromatic rings. The Kier molecular flexibility index (Phi) is 8.40. The summed E-state index contributed by atoms with van der Waals surface area (Å²) in [5, 5.41) is 0.